The molecule has 1 aliphatic rings. The zero-order chi connectivity index (χ0) is 12.5. The quantitative estimate of drug-likeness (QED) is 0.825. The summed E-state index contributed by atoms with van der Waals surface area (Å²) in [4.78, 5) is 0. The van der Waals surface area contributed by atoms with Crippen LogP contribution < -0.4 is 5.32 Å². The highest BCUT2D eigenvalue weighted by molar-refractivity contribution is 6.36. The number of aromatic amines is 1. The van der Waals surface area contributed by atoms with Crippen molar-refractivity contribution in [1.82, 2.24) is 10.2 Å². The van der Waals surface area contributed by atoms with Gasteiger partial charge >= 0.3 is 0 Å². The third kappa shape index (κ3) is 2.08. The van der Waals surface area contributed by atoms with E-state index in [-0.39, 0.29) is 0 Å². The molecule has 2 aromatic rings. The Labute approximate surface area is 115 Å². The minimum Gasteiger partial charge on any atom is -0.368 e. The molecule has 0 unspecified atom stereocenters. The molecule has 0 fully saturated rings. The molecule has 0 bridgehead atoms. The summed E-state index contributed by atoms with van der Waals surface area (Å²) in [6.07, 6.45) is 3.36. The number of nitrogens with zero attached hydrogens (tertiary/aromatic N) is 1. The smallest absolute Gasteiger partial charge is 0.151 e. The Kier molecular flexibility index (Phi) is 3.18. The van der Waals surface area contributed by atoms with Crippen LogP contribution >= 0.6 is 23.2 Å². The van der Waals surface area contributed by atoms with E-state index in [1.807, 2.05) is 12.1 Å². The molecule has 0 radical (unpaired) electrons. The van der Waals surface area contributed by atoms with Gasteiger partial charge in [-0.15, -0.1) is 0 Å². The third-order valence-corrected chi connectivity index (χ3v) is 3.76. The van der Waals surface area contributed by atoms with Crippen LogP contribution in [0.15, 0.2) is 18.2 Å². The van der Waals surface area contributed by atoms with Gasteiger partial charge in [0, 0.05) is 22.7 Å². The van der Waals surface area contributed by atoms with Crippen LogP contribution in [-0.4, -0.2) is 16.7 Å². The minimum absolute atomic E-state index is 0.646. The van der Waals surface area contributed by atoms with E-state index in [2.05, 4.69) is 15.5 Å². The number of halogens is 2. The van der Waals surface area contributed by atoms with Crippen LogP contribution in [0.25, 0.3) is 11.3 Å². The average Bonchev–Trinajstić information content (AvgIpc) is 2.59. The van der Waals surface area contributed by atoms with Gasteiger partial charge in [-0.1, -0.05) is 23.2 Å². The van der Waals surface area contributed by atoms with Crippen molar-refractivity contribution in [2.75, 3.05) is 11.9 Å². The number of fused-ring (bicyclic) bond motifs is 1. The van der Waals surface area contributed by atoms with E-state index in [4.69, 9.17) is 23.2 Å². The predicted octanol–water partition coefficient (Wildman–Crippen LogP) is 4.13. The van der Waals surface area contributed by atoms with E-state index in [1.165, 1.54) is 12.0 Å². The molecule has 2 heterocycles. The summed E-state index contributed by atoms with van der Waals surface area (Å²) < 4.78 is 0. The molecule has 0 spiro atoms. The Morgan fingerprint density at radius 2 is 2.06 bits per heavy atom. The van der Waals surface area contributed by atoms with Gasteiger partial charge in [-0.2, -0.15) is 5.10 Å². The molecule has 1 aromatic carbocycles. The Balaban J connectivity index is 2.09. The van der Waals surface area contributed by atoms with Crippen LogP contribution in [0.4, 0.5) is 5.82 Å². The minimum atomic E-state index is 0.646. The lowest BCUT2D eigenvalue weighted by molar-refractivity contribution is 0.783. The van der Waals surface area contributed by atoms with Gasteiger partial charge in [0.1, 0.15) is 0 Å². The van der Waals surface area contributed by atoms with Crippen LogP contribution in [0.3, 0.4) is 0 Å². The second kappa shape index (κ2) is 4.82. The molecule has 1 aromatic heterocycles. The number of H-pyrrole nitrogens is 1. The molecule has 3 rings (SSSR count). The van der Waals surface area contributed by atoms with Gasteiger partial charge in [-0.05, 0) is 37.5 Å². The normalized spacial score (nSPS) is 14.8. The Hall–Kier alpha value is -1.19. The lowest BCUT2D eigenvalue weighted by Gasteiger charge is -2.05. The van der Waals surface area contributed by atoms with Gasteiger partial charge in [0.05, 0.1) is 10.7 Å². The van der Waals surface area contributed by atoms with E-state index in [1.54, 1.807) is 6.07 Å². The number of hydrogen-bond acceptors (Lipinski definition) is 2. The van der Waals surface area contributed by atoms with Crippen molar-refractivity contribution < 1.29 is 0 Å². The van der Waals surface area contributed by atoms with Gasteiger partial charge in [0.25, 0.3) is 0 Å². The second-order valence-electron chi connectivity index (χ2n) is 4.43. The third-order valence-electron chi connectivity index (χ3n) is 3.21. The summed E-state index contributed by atoms with van der Waals surface area (Å²) in [5, 5.41) is 12.0. The number of hydrogen-bond donors (Lipinski definition) is 2. The first-order valence-electron chi connectivity index (χ1n) is 6.02. The van der Waals surface area contributed by atoms with E-state index in [9.17, 15) is 0 Å². The zero-order valence-electron chi connectivity index (χ0n) is 9.76. The van der Waals surface area contributed by atoms with E-state index >= 15 is 0 Å². The van der Waals surface area contributed by atoms with Crippen molar-refractivity contribution in [1.29, 1.82) is 0 Å². The molecule has 2 N–H and O–H groups in total. The van der Waals surface area contributed by atoms with Crippen molar-refractivity contribution in [2.45, 2.75) is 19.3 Å². The SMILES string of the molecule is Clc1ccc(-c2[nH]nc3c2CCCCN3)c(Cl)c1. The molecule has 5 heteroatoms. The lowest BCUT2D eigenvalue weighted by atomic mass is 10.0. The topological polar surface area (TPSA) is 40.7 Å². The Morgan fingerprint density at radius 3 is 2.89 bits per heavy atom. The maximum Gasteiger partial charge on any atom is 0.151 e. The van der Waals surface area contributed by atoms with E-state index < -0.39 is 0 Å². The fourth-order valence-electron chi connectivity index (χ4n) is 2.30. The Bertz CT molecular complexity index is 578. The van der Waals surface area contributed by atoms with Gasteiger partial charge in [-0.25, -0.2) is 0 Å². The van der Waals surface area contributed by atoms with Gasteiger partial charge in [0.2, 0.25) is 0 Å². The summed E-state index contributed by atoms with van der Waals surface area (Å²) in [7, 11) is 0. The number of benzene rings is 1. The average molecular weight is 282 g/mol. The van der Waals surface area contributed by atoms with Gasteiger partial charge < -0.3 is 5.32 Å². The van der Waals surface area contributed by atoms with Crippen molar-refractivity contribution >= 4 is 29.0 Å². The first-order valence-corrected chi connectivity index (χ1v) is 6.78. The van der Waals surface area contributed by atoms with Crippen molar-refractivity contribution in [2.24, 2.45) is 0 Å². The largest absolute Gasteiger partial charge is 0.368 e. The molecular weight excluding hydrogens is 269 g/mol. The number of nitrogens with one attached hydrogen (secondary N) is 2. The summed E-state index contributed by atoms with van der Waals surface area (Å²) in [6, 6.07) is 5.54. The molecule has 0 saturated heterocycles. The fraction of sp³-hybridized carbons (Fsp3) is 0.308. The van der Waals surface area contributed by atoms with Crippen molar-refractivity contribution in [3.05, 3.63) is 33.8 Å². The summed E-state index contributed by atoms with van der Waals surface area (Å²) in [5.74, 6) is 0.952. The van der Waals surface area contributed by atoms with Crippen LogP contribution in [0, 0.1) is 0 Å². The van der Waals surface area contributed by atoms with E-state index in [0.29, 0.717) is 10.0 Å². The van der Waals surface area contributed by atoms with Crippen LogP contribution in [-0.2, 0) is 6.42 Å². The van der Waals surface area contributed by atoms with Gasteiger partial charge in [-0.3, -0.25) is 5.10 Å². The number of aromatic nitrogens is 2. The van der Waals surface area contributed by atoms with Crippen LogP contribution in [0.2, 0.25) is 10.0 Å². The zero-order valence-corrected chi connectivity index (χ0v) is 11.3. The maximum atomic E-state index is 6.25. The molecule has 0 saturated carbocycles. The molecule has 18 heavy (non-hydrogen) atoms. The van der Waals surface area contributed by atoms with Crippen molar-refractivity contribution in [3.8, 4) is 11.3 Å². The van der Waals surface area contributed by atoms with Gasteiger partial charge in [0.15, 0.2) is 5.82 Å². The molecule has 0 amide bonds. The van der Waals surface area contributed by atoms with Crippen molar-refractivity contribution in [3.63, 3.8) is 0 Å². The predicted molar refractivity (Wildman–Crippen MR) is 75.5 cm³/mol. The highest BCUT2D eigenvalue weighted by Gasteiger charge is 2.18. The number of rotatable bonds is 1. The van der Waals surface area contributed by atoms with Crippen LogP contribution in [0.5, 0.6) is 0 Å². The molecule has 0 atom stereocenters. The maximum absolute atomic E-state index is 6.25. The first kappa shape index (κ1) is 11.9. The van der Waals surface area contributed by atoms with Crippen LogP contribution in [0.1, 0.15) is 18.4 Å². The fourth-order valence-corrected chi connectivity index (χ4v) is 2.81. The molecule has 3 nitrogen and oxygen atoms in total. The summed E-state index contributed by atoms with van der Waals surface area (Å²) >= 11 is 12.2. The monoisotopic (exact) mass is 281 g/mol. The summed E-state index contributed by atoms with van der Waals surface area (Å²) in [6.45, 7) is 0.978. The Morgan fingerprint density at radius 1 is 1.17 bits per heavy atom. The molecule has 0 aliphatic carbocycles. The molecular formula is C13H13Cl2N3. The number of anilines is 1. The lowest BCUT2D eigenvalue weighted by Crippen LogP contribution is -1.99. The molecule has 94 valence electrons. The molecule has 1 aliphatic heterocycles. The second-order valence-corrected chi connectivity index (χ2v) is 5.28. The standard InChI is InChI=1S/C13H13Cl2N3/c14-8-4-5-9(11(15)7-8)12-10-3-1-2-6-16-13(10)18-17-12/h4-5,7H,1-3,6H2,(H2,16,17,18). The van der Waals surface area contributed by atoms with E-state index in [0.717, 1.165) is 36.5 Å². The first-order chi connectivity index (χ1) is 8.75. The summed E-state index contributed by atoms with van der Waals surface area (Å²) in [5.41, 5.74) is 3.18. The highest BCUT2D eigenvalue weighted by atomic mass is 35.5. The highest BCUT2D eigenvalue weighted by Crippen LogP contribution is 2.35.